The minimum absolute atomic E-state index is 0.538. The molecule has 1 heterocycles. The van der Waals surface area contributed by atoms with Gasteiger partial charge in [0.15, 0.2) is 0 Å². The van der Waals surface area contributed by atoms with Gasteiger partial charge in [-0.25, -0.2) is 0 Å². The van der Waals surface area contributed by atoms with Crippen molar-refractivity contribution in [3.8, 4) is 11.3 Å². The molecule has 0 atom stereocenters. The summed E-state index contributed by atoms with van der Waals surface area (Å²) in [5.74, 6) is 1.13. The zero-order valence-electron chi connectivity index (χ0n) is 10.9. The van der Waals surface area contributed by atoms with Crippen LogP contribution in [0.15, 0.2) is 18.2 Å². The van der Waals surface area contributed by atoms with Crippen molar-refractivity contribution in [3.05, 3.63) is 34.3 Å². The van der Waals surface area contributed by atoms with E-state index in [1.807, 2.05) is 25.1 Å². The van der Waals surface area contributed by atoms with Crippen molar-refractivity contribution in [2.24, 2.45) is 5.92 Å². The Balaban J connectivity index is 2.50. The first kappa shape index (κ1) is 13.0. The summed E-state index contributed by atoms with van der Waals surface area (Å²) in [6.07, 6.45) is 0.916. The Kier molecular flexibility index (Phi) is 3.62. The first-order valence-electron chi connectivity index (χ1n) is 6.08. The number of halogens is 1. The van der Waals surface area contributed by atoms with Crippen LogP contribution in [0.3, 0.4) is 0 Å². The lowest BCUT2D eigenvalue weighted by molar-refractivity contribution is 0.649. The van der Waals surface area contributed by atoms with E-state index in [1.165, 1.54) is 0 Å². The van der Waals surface area contributed by atoms with E-state index < -0.39 is 0 Å². The first-order valence-corrected chi connectivity index (χ1v) is 6.46. The number of rotatable bonds is 3. The number of nitrogens with zero attached hydrogens (tertiary/aromatic N) is 1. The normalized spacial score (nSPS) is 11.2. The Bertz CT molecular complexity index is 558. The number of aromatic amines is 1. The average molecular weight is 264 g/mol. The molecule has 3 N–H and O–H groups in total. The van der Waals surface area contributed by atoms with Crippen molar-refractivity contribution in [1.82, 2.24) is 10.2 Å². The van der Waals surface area contributed by atoms with Gasteiger partial charge in [-0.15, -0.1) is 0 Å². The lowest BCUT2D eigenvalue weighted by atomic mass is 9.97. The van der Waals surface area contributed by atoms with Gasteiger partial charge >= 0.3 is 0 Å². The number of hydrogen-bond acceptors (Lipinski definition) is 2. The van der Waals surface area contributed by atoms with Crippen LogP contribution in [-0.2, 0) is 6.42 Å². The second-order valence-corrected chi connectivity index (χ2v) is 5.46. The monoisotopic (exact) mass is 263 g/mol. The van der Waals surface area contributed by atoms with Crippen molar-refractivity contribution in [2.45, 2.75) is 27.2 Å². The molecule has 0 fully saturated rings. The summed E-state index contributed by atoms with van der Waals surface area (Å²) >= 11 is 5.98. The lowest BCUT2D eigenvalue weighted by Crippen LogP contribution is -1.99. The first-order chi connectivity index (χ1) is 8.49. The molecule has 0 bridgehead atoms. The summed E-state index contributed by atoms with van der Waals surface area (Å²) in [6, 6.07) is 5.85. The van der Waals surface area contributed by atoms with E-state index in [0.29, 0.717) is 11.7 Å². The molecule has 0 saturated carbocycles. The molecule has 0 amide bonds. The number of aromatic nitrogens is 2. The van der Waals surface area contributed by atoms with Gasteiger partial charge in [0, 0.05) is 16.1 Å². The third-order valence-electron chi connectivity index (χ3n) is 2.97. The number of anilines is 1. The molecule has 0 spiro atoms. The van der Waals surface area contributed by atoms with Gasteiger partial charge in [0.2, 0.25) is 0 Å². The quantitative estimate of drug-likeness (QED) is 0.885. The molecule has 0 saturated heterocycles. The van der Waals surface area contributed by atoms with Crippen LogP contribution in [0.25, 0.3) is 11.3 Å². The molecule has 4 heteroatoms. The van der Waals surface area contributed by atoms with Crippen molar-refractivity contribution in [2.75, 3.05) is 5.73 Å². The van der Waals surface area contributed by atoms with Gasteiger partial charge in [0.25, 0.3) is 0 Å². The van der Waals surface area contributed by atoms with Gasteiger partial charge in [-0.3, -0.25) is 5.10 Å². The SMILES string of the molecule is Cc1cc(Cl)ccc1-c1[nH]nc(N)c1CC(C)C. The second kappa shape index (κ2) is 5.02. The summed E-state index contributed by atoms with van der Waals surface area (Å²) < 4.78 is 0. The van der Waals surface area contributed by atoms with Crippen LogP contribution in [0.2, 0.25) is 5.02 Å². The summed E-state index contributed by atoms with van der Waals surface area (Å²) in [6.45, 7) is 6.38. The summed E-state index contributed by atoms with van der Waals surface area (Å²) in [5, 5.41) is 7.91. The largest absolute Gasteiger partial charge is 0.382 e. The van der Waals surface area contributed by atoms with Gasteiger partial charge in [-0.05, 0) is 37.0 Å². The Labute approximate surface area is 112 Å². The molecule has 1 aromatic heterocycles. The highest BCUT2D eigenvalue weighted by Gasteiger charge is 2.15. The standard InChI is InChI=1S/C14H18ClN3/c1-8(2)6-12-13(17-18-14(12)16)11-5-4-10(15)7-9(11)3/h4-5,7-8H,6H2,1-3H3,(H3,16,17,18). The molecular formula is C14H18ClN3. The summed E-state index contributed by atoms with van der Waals surface area (Å²) in [7, 11) is 0. The number of nitrogens with one attached hydrogen (secondary N) is 1. The number of nitrogens with two attached hydrogens (primary N) is 1. The van der Waals surface area contributed by atoms with Crippen LogP contribution in [0.5, 0.6) is 0 Å². The molecular weight excluding hydrogens is 246 g/mol. The van der Waals surface area contributed by atoms with Crippen molar-refractivity contribution in [1.29, 1.82) is 0 Å². The molecule has 0 radical (unpaired) electrons. The Morgan fingerprint density at radius 1 is 1.39 bits per heavy atom. The average Bonchev–Trinajstić information content (AvgIpc) is 2.60. The summed E-state index contributed by atoms with van der Waals surface area (Å²) in [4.78, 5) is 0. The topological polar surface area (TPSA) is 54.7 Å². The van der Waals surface area contributed by atoms with E-state index in [1.54, 1.807) is 0 Å². The molecule has 18 heavy (non-hydrogen) atoms. The lowest BCUT2D eigenvalue weighted by Gasteiger charge is -2.09. The zero-order chi connectivity index (χ0) is 13.3. The molecule has 0 unspecified atom stereocenters. The predicted octanol–water partition coefficient (Wildman–Crippen LogP) is 3.82. The van der Waals surface area contributed by atoms with Crippen LogP contribution in [0.1, 0.15) is 25.0 Å². The molecule has 2 aromatic rings. The van der Waals surface area contributed by atoms with Gasteiger partial charge in [-0.2, -0.15) is 5.10 Å². The van der Waals surface area contributed by atoms with Crippen LogP contribution in [0.4, 0.5) is 5.82 Å². The van der Waals surface area contributed by atoms with Crippen LogP contribution < -0.4 is 5.73 Å². The predicted molar refractivity (Wildman–Crippen MR) is 76.7 cm³/mol. The molecule has 0 aliphatic rings. The second-order valence-electron chi connectivity index (χ2n) is 5.02. The molecule has 0 aliphatic carbocycles. The maximum absolute atomic E-state index is 5.98. The maximum Gasteiger partial charge on any atom is 0.149 e. The fourth-order valence-corrected chi connectivity index (χ4v) is 2.35. The van der Waals surface area contributed by atoms with E-state index in [9.17, 15) is 0 Å². The van der Waals surface area contributed by atoms with E-state index >= 15 is 0 Å². The van der Waals surface area contributed by atoms with Crippen molar-refractivity contribution >= 4 is 17.4 Å². The van der Waals surface area contributed by atoms with E-state index in [2.05, 4.69) is 24.0 Å². The number of benzene rings is 1. The molecule has 0 aliphatic heterocycles. The van der Waals surface area contributed by atoms with Crippen LogP contribution in [-0.4, -0.2) is 10.2 Å². The molecule has 1 aromatic carbocycles. The van der Waals surface area contributed by atoms with Gasteiger partial charge < -0.3 is 5.73 Å². The fourth-order valence-electron chi connectivity index (χ4n) is 2.12. The Morgan fingerprint density at radius 3 is 2.72 bits per heavy atom. The number of hydrogen-bond donors (Lipinski definition) is 2. The van der Waals surface area contributed by atoms with E-state index in [-0.39, 0.29) is 0 Å². The van der Waals surface area contributed by atoms with Crippen molar-refractivity contribution in [3.63, 3.8) is 0 Å². The minimum atomic E-state index is 0.538. The van der Waals surface area contributed by atoms with Gasteiger partial charge in [0.05, 0.1) is 5.69 Å². The van der Waals surface area contributed by atoms with E-state index in [4.69, 9.17) is 17.3 Å². The number of H-pyrrole nitrogens is 1. The third-order valence-corrected chi connectivity index (χ3v) is 3.20. The Morgan fingerprint density at radius 2 is 2.11 bits per heavy atom. The minimum Gasteiger partial charge on any atom is -0.382 e. The molecule has 2 rings (SSSR count). The van der Waals surface area contributed by atoms with E-state index in [0.717, 1.165) is 33.8 Å². The van der Waals surface area contributed by atoms with Gasteiger partial charge in [0.1, 0.15) is 5.82 Å². The zero-order valence-corrected chi connectivity index (χ0v) is 11.7. The highest BCUT2D eigenvalue weighted by Crippen LogP contribution is 2.31. The number of nitrogen functional groups attached to an aromatic ring is 1. The van der Waals surface area contributed by atoms with Gasteiger partial charge in [-0.1, -0.05) is 31.5 Å². The molecule has 96 valence electrons. The van der Waals surface area contributed by atoms with Crippen LogP contribution >= 0.6 is 11.6 Å². The molecule has 3 nitrogen and oxygen atoms in total. The fraction of sp³-hybridized carbons (Fsp3) is 0.357. The van der Waals surface area contributed by atoms with Crippen LogP contribution in [0, 0.1) is 12.8 Å². The number of aryl methyl sites for hydroxylation is 1. The summed E-state index contributed by atoms with van der Waals surface area (Å²) in [5.41, 5.74) is 10.3. The highest BCUT2D eigenvalue weighted by atomic mass is 35.5. The third kappa shape index (κ3) is 2.51. The maximum atomic E-state index is 5.98. The smallest absolute Gasteiger partial charge is 0.149 e. The Hall–Kier alpha value is -1.48. The highest BCUT2D eigenvalue weighted by molar-refractivity contribution is 6.30. The van der Waals surface area contributed by atoms with Crippen molar-refractivity contribution < 1.29 is 0 Å².